The normalized spacial score (nSPS) is 24.7. The number of benzene rings is 1. The molecule has 4 heteroatoms. The molecule has 3 rings (SSSR count). The van der Waals surface area contributed by atoms with Crippen molar-refractivity contribution >= 4 is 23.5 Å². The van der Waals surface area contributed by atoms with Crippen LogP contribution in [0, 0.1) is 5.92 Å². The second kappa shape index (κ2) is 8.29. The van der Waals surface area contributed by atoms with Crippen molar-refractivity contribution in [2.24, 2.45) is 5.92 Å². The van der Waals surface area contributed by atoms with Crippen molar-refractivity contribution in [1.82, 2.24) is 9.55 Å². The summed E-state index contributed by atoms with van der Waals surface area (Å²) in [6, 6.07) is 10.9. The fraction of sp³-hybridized carbons (Fsp3) is 0.526. The van der Waals surface area contributed by atoms with E-state index in [1.165, 1.54) is 42.8 Å². The highest BCUT2D eigenvalue weighted by molar-refractivity contribution is 8.18. The molecule has 0 spiro atoms. The van der Waals surface area contributed by atoms with Crippen LogP contribution in [0.1, 0.15) is 31.7 Å². The van der Waals surface area contributed by atoms with Crippen LogP contribution in [0.3, 0.4) is 0 Å². The second-order valence-electron chi connectivity index (χ2n) is 6.34. The zero-order chi connectivity index (χ0) is 16.0. The van der Waals surface area contributed by atoms with E-state index in [-0.39, 0.29) is 0 Å². The first-order valence-electron chi connectivity index (χ1n) is 8.57. The average molecular weight is 347 g/mol. The average Bonchev–Trinajstić information content (AvgIpc) is 3.14. The van der Waals surface area contributed by atoms with Gasteiger partial charge < -0.3 is 4.57 Å². The molecule has 0 aliphatic carbocycles. The van der Waals surface area contributed by atoms with Crippen LogP contribution >= 0.6 is 23.5 Å². The lowest BCUT2D eigenvalue weighted by atomic mass is 10.1. The van der Waals surface area contributed by atoms with Crippen molar-refractivity contribution < 1.29 is 0 Å². The predicted molar refractivity (Wildman–Crippen MR) is 103 cm³/mol. The van der Waals surface area contributed by atoms with Gasteiger partial charge in [-0.15, -0.1) is 23.5 Å². The molecule has 2 aromatic rings. The standard InChI is InChI=1S/C19H26N2S2/c1-2-17-14-22-19(23-15-17,10-12-21-13-11-20-16-21)9-8-18-6-4-3-5-7-18/h3-7,11,13,16-17H,2,8-10,12,14-15H2,1H3. The Bertz CT molecular complexity index is 560. The van der Waals surface area contributed by atoms with E-state index in [2.05, 4.69) is 76.5 Å². The van der Waals surface area contributed by atoms with Gasteiger partial charge in [-0.1, -0.05) is 43.7 Å². The summed E-state index contributed by atoms with van der Waals surface area (Å²) in [6.45, 7) is 3.40. The SMILES string of the molecule is CCC1CSC(CCc2ccccc2)(CCn2ccnc2)SC1. The number of hydrogen-bond donors (Lipinski definition) is 0. The Kier molecular flexibility index (Phi) is 6.12. The van der Waals surface area contributed by atoms with Gasteiger partial charge in [-0.05, 0) is 42.2 Å². The van der Waals surface area contributed by atoms with Crippen molar-refractivity contribution in [3.05, 3.63) is 54.6 Å². The van der Waals surface area contributed by atoms with E-state index in [4.69, 9.17) is 0 Å². The zero-order valence-corrected chi connectivity index (χ0v) is 15.5. The molecule has 1 aliphatic rings. The first-order chi connectivity index (χ1) is 11.3. The fourth-order valence-corrected chi connectivity index (χ4v) is 6.62. The maximum absolute atomic E-state index is 4.18. The van der Waals surface area contributed by atoms with Gasteiger partial charge in [0.05, 0.1) is 10.4 Å². The Morgan fingerprint density at radius 3 is 2.61 bits per heavy atom. The molecular weight excluding hydrogens is 320 g/mol. The molecule has 0 unspecified atom stereocenters. The number of thioether (sulfide) groups is 2. The maximum Gasteiger partial charge on any atom is 0.0945 e. The first kappa shape index (κ1) is 17.0. The van der Waals surface area contributed by atoms with Crippen molar-refractivity contribution in [2.75, 3.05) is 11.5 Å². The minimum Gasteiger partial charge on any atom is -0.337 e. The van der Waals surface area contributed by atoms with Crippen LogP contribution in [0.5, 0.6) is 0 Å². The minimum absolute atomic E-state index is 0.367. The Balaban J connectivity index is 1.63. The summed E-state index contributed by atoms with van der Waals surface area (Å²) in [7, 11) is 0. The van der Waals surface area contributed by atoms with Crippen LogP contribution in [0.2, 0.25) is 0 Å². The van der Waals surface area contributed by atoms with E-state index >= 15 is 0 Å². The largest absolute Gasteiger partial charge is 0.337 e. The summed E-state index contributed by atoms with van der Waals surface area (Å²) in [5.74, 6) is 3.54. The van der Waals surface area contributed by atoms with E-state index in [1.54, 1.807) is 0 Å². The molecule has 1 aliphatic heterocycles. The fourth-order valence-electron chi connectivity index (χ4n) is 2.98. The lowest BCUT2D eigenvalue weighted by Gasteiger charge is -2.39. The molecule has 1 aromatic heterocycles. The van der Waals surface area contributed by atoms with Crippen LogP contribution in [-0.2, 0) is 13.0 Å². The van der Waals surface area contributed by atoms with Crippen molar-refractivity contribution in [1.29, 1.82) is 0 Å². The van der Waals surface area contributed by atoms with Gasteiger partial charge in [0, 0.05) is 18.9 Å². The number of nitrogens with zero attached hydrogens (tertiary/aromatic N) is 2. The molecule has 0 saturated carbocycles. The van der Waals surface area contributed by atoms with Gasteiger partial charge in [0.25, 0.3) is 0 Å². The number of rotatable bonds is 7. The van der Waals surface area contributed by atoms with Gasteiger partial charge in [-0.3, -0.25) is 0 Å². The minimum atomic E-state index is 0.367. The molecule has 0 radical (unpaired) electrons. The lowest BCUT2D eigenvalue weighted by Crippen LogP contribution is -2.31. The van der Waals surface area contributed by atoms with Gasteiger partial charge >= 0.3 is 0 Å². The molecule has 124 valence electrons. The number of hydrogen-bond acceptors (Lipinski definition) is 3. The molecule has 2 heterocycles. The highest BCUT2D eigenvalue weighted by atomic mass is 32.2. The summed E-state index contributed by atoms with van der Waals surface area (Å²) in [5.41, 5.74) is 1.47. The number of imidazole rings is 1. The van der Waals surface area contributed by atoms with Gasteiger partial charge in [0.1, 0.15) is 0 Å². The molecule has 23 heavy (non-hydrogen) atoms. The van der Waals surface area contributed by atoms with Crippen molar-refractivity contribution in [2.45, 2.75) is 43.2 Å². The summed E-state index contributed by atoms with van der Waals surface area (Å²) in [4.78, 5) is 4.18. The van der Waals surface area contributed by atoms with Gasteiger partial charge in [0.2, 0.25) is 0 Å². The van der Waals surface area contributed by atoms with E-state index in [0.29, 0.717) is 4.08 Å². The van der Waals surface area contributed by atoms with Gasteiger partial charge in [0.15, 0.2) is 0 Å². The molecule has 0 amide bonds. The molecule has 0 bridgehead atoms. The zero-order valence-electron chi connectivity index (χ0n) is 13.9. The smallest absolute Gasteiger partial charge is 0.0945 e. The van der Waals surface area contributed by atoms with Crippen LogP contribution < -0.4 is 0 Å². The van der Waals surface area contributed by atoms with Crippen LogP contribution in [-0.4, -0.2) is 25.1 Å². The quantitative estimate of drug-likeness (QED) is 0.694. The summed E-state index contributed by atoms with van der Waals surface area (Å²) >= 11 is 4.43. The molecule has 0 N–H and O–H groups in total. The topological polar surface area (TPSA) is 17.8 Å². The molecule has 2 nitrogen and oxygen atoms in total. The maximum atomic E-state index is 4.18. The number of aryl methyl sites for hydroxylation is 2. The Labute approximate surface area is 148 Å². The number of aromatic nitrogens is 2. The highest BCUT2D eigenvalue weighted by Gasteiger charge is 2.35. The van der Waals surface area contributed by atoms with Crippen molar-refractivity contribution in [3.63, 3.8) is 0 Å². The van der Waals surface area contributed by atoms with Crippen LogP contribution in [0.15, 0.2) is 49.1 Å². The molecule has 1 aromatic carbocycles. The second-order valence-corrected chi connectivity index (χ2v) is 9.41. The third-order valence-electron chi connectivity index (χ3n) is 4.69. The molecule has 0 atom stereocenters. The molecular formula is C19H26N2S2. The van der Waals surface area contributed by atoms with Gasteiger partial charge in [-0.2, -0.15) is 0 Å². The van der Waals surface area contributed by atoms with E-state index < -0.39 is 0 Å². The monoisotopic (exact) mass is 346 g/mol. The Morgan fingerprint density at radius 1 is 1.17 bits per heavy atom. The summed E-state index contributed by atoms with van der Waals surface area (Å²) in [5, 5.41) is 0. The van der Waals surface area contributed by atoms with Gasteiger partial charge in [-0.25, -0.2) is 4.98 Å². The predicted octanol–water partition coefficient (Wildman–Crippen LogP) is 5.11. The molecule has 1 saturated heterocycles. The first-order valence-corrected chi connectivity index (χ1v) is 10.5. The Morgan fingerprint density at radius 2 is 1.96 bits per heavy atom. The third kappa shape index (κ3) is 4.80. The summed E-state index contributed by atoms with van der Waals surface area (Å²) < 4.78 is 2.59. The molecule has 1 fully saturated rings. The highest BCUT2D eigenvalue weighted by Crippen LogP contribution is 2.50. The van der Waals surface area contributed by atoms with Crippen molar-refractivity contribution in [3.8, 4) is 0 Å². The van der Waals surface area contributed by atoms with Crippen LogP contribution in [0.25, 0.3) is 0 Å². The lowest BCUT2D eigenvalue weighted by molar-refractivity contribution is 0.555. The Hall–Kier alpha value is -0.870. The van der Waals surface area contributed by atoms with E-state index in [9.17, 15) is 0 Å². The third-order valence-corrected chi connectivity index (χ3v) is 8.54. The van der Waals surface area contributed by atoms with Crippen LogP contribution in [0.4, 0.5) is 0 Å². The van der Waals surface area contributed by atoms with E-state index in [0.717, 1.165) is 12.5 Å². The summed E-state index contributed by atoms with van der Waals surface area (Å²) in [6.07, 6.45) is 10.9. The van der Waals surface area contributed by atoms with E-state index in [1.807, 2.05) is 12.5 Å².